The highest BCUT2D eigenvalue weighted by Crippen LogP contribution is 2.31. The number of thiazole rings is 1. The third kappa shape index (κ3) is 3.72. The largest absolute Gasteiger partial charge is 0.465 e. The molecule has 0 aliphatic rings. The van der Waals surface area contributed by atoms with Gasteiger partial charge >= 0.3 is 5.97 Å². The number of carbonyl (C=O) groups is 2. The molecule has 0 atom stereocenters. The Balaban J connectivity index is 1.76. The first kappa shape index (κ1) is 16.8. The van der Waals surface area contributed by atoms with Gasteiger partial charge in [0.15, 0.2) is 5.13 Å². The second-order valence-corrected chi connectivity index (χ2v) is 6.17. The average Bonchev–Trinajstić information content (AvgIpc) is 3.02. The quantitative estimate of drug-likeness (QED) is 0.726. The van der Waals surface area contributed by atoms with Crippen molar-refractivity contribution < 1.29 is 14.3 Å². The van der Waals surface area contributed by atoms with Crippen LogP contribution in [0.3, 0.4) is 0 Å². The van der Waals surface area contributed by atoms with Crippen molar-refractivity contribution in [2.45, 2.75) is 6.92 Å². The van der Waals surface area contributed by atoms with Crippen LogP contribution in [0.15, 0.2) is 48.7 Å². The number of carbonyl (C=O) groups excluding carboxylic acids is 2. The molecule has 0 radical (unpaired) electrons. The number of aromatic nitrogens is 2. The maximum atomic E-state index is 12.3. The van der Waals surface area contributed by atoms with Crippen molar-refractivity contribution in [2.24, 2.45) is 0 Å². The number of nitrogens with one attached hydrogen (secondary N) is 1. The lowest BCUT2D eigenvalue weighted by molar-refractivity contribution is 0.0600. The highest BCUT2D eigenvalue weighted by molar-refractivity contribution is 7.19. The van der Waals surface area contributed by atoms with Gasteiger partial charge in [-0.25, -0.2) is 9.78 Å². The van der Waals surface area contributed by atoms with Gasteiger partial charge in [0.1, 0.15) is 0 Å². The van der Waals surface area contributed by atoms with Gasteiger partial charge in [0, 0.05) is 11.8 Å². The fraction of sp³-hybridized carbons (Fsp3) is 0.111. The number of aryl methyl sites for hydroxylation is 1. The summed E-state index contributed by atoms with van der Waals surface area (Å²) in [6.45, 7) is 1.88. The topological polar surface area (TPSA) is 81.2 Å². The molecule has 0 saturated carbocycles. The molecular weight excluding hydrogens is 338 g/mol. The number of esters is 1. The number of anilines is 1. The molecule has 0 bridgehead atoms. The number of benzene rings is 1. The zero-order chi connectivity index (χ0) is 17.8. The number of rotatable bonds is 4. The summed E-state index contributed by atoms with van der Waals surface area (Å²) in [5, 5.41) is 3.28. The van der Waals surface area contributed by atoms with E-state index in [1.807, 2.05) is 25.1 Å². The lowest BCUT2D eigenvalue weighted by Crippen LogP contribution is -2.12. The summed E-state index contributed by atoms with van der Waals surface area (Å²) in [6, 6.07) is 11.9. The Hall–Kier alpha value is -3.06. The van der Waals surface area contributed by atoms with E-state index in [4.69, 9.17) is 0 Å². The zero-order valence-electron chi connectivity index (χ0n) is 13.6. The molecule has 0 unspecified atom stereocenters. The van der Waals surface area contributed by atoms with Gasteiger partial charge in [-0.3, -0.25) is 15.1 Å². The molecule has 1 amide bonds. The Morgan fingerprint density at radius 3 is 2.44 bits per heavy atom. The molecule has 25 heavy (non-hydrogen) atoms. The van der Waals surface area contributed by atoms with Gasteiger partial charge in [0.2, 0.25) is 0 Å². The van der Waals surface area contributed by atoms with Crippen LogP contribution in [0.5, 0.6) is 0 Å². The van der Waals surface area contributed by atoms with Gasteiger partial charge in [-0.15, -0.1) is 0 Å². The van der Waals surface area contributed by atoms with Gasteiger partial charge in [-0.2, -0.15) is 0 Å². The summed E-state index contributed by atoms with van der Waals surface area (Å²) in [5.74, 6) is -0.736. The Morgan fingerprint density at radius 2 is 1.80 bits per heavy atom. The van der Waals surface area contributed by atoms with Crippen LogP contribution in [0.4, 0.5) is 5.13 Å². The molecule has 0 aliphatic heterocycles. The first-order chi connectivity index (χ1) is 12.1. The molecule has 1 aromatic carbocycles. The molecule has 0 spiro atoms. The smallest absolute Gasteiger partial charge is 0.337 e. The molecule has 6 nitrogen and oxygen atoms in total. The molecule has 0 fully saturated rings. The fourth-order valence-electron chi connectivity index (χ4n) is 2.23. The van der Waals surface area contributed by atoms with E-state index in [0.717, 1.165) is 16.3 Å². The van der Waals surface area contributed by atoms with E-state index in [0.29, 0.717) is 16.3 Å². The minimum Gasteiger partial charge on any atom is -0.465 e. The SMILES string of the molecule is COC(=O)c1ccc(C(=O)Nc2nc(C)c(-c3ccccn3)s2)cc1. The first-order valence-electron chi connectivity index (χ1n) is 7.47. The maximum Gasteiger partial charge on any atom is 0.337 e. The molecule has 0 aliphatic carbocycles. The van der Waals surface area contributed by atoms with Crippen LogP contribution in [0, 0.1) is 6.92 Å². The van der Waals surface area contributed by atoms with Gasteiger partial charge in [0.05, 0.1) is 28.9 Å². The van der Waals surface area contributed by atoms with E-state index in [2.05, 4.69) is 20.0 Å². The minimum absolute atomic E-state index is 0.294. The maximum absolute atomic E-state index is 12.3. The van der Waals surface area contributed by atoms with Crippen molar-refractivity contribution in [3.05, 3.63) is 65.5 Å². The third-order valence-electron chi connectivity index (χ3n) is 3.48. The van der Waals surface area contributed by atoms with Crippen LogP contribution in [-0.4, -0.2) is 29.0 Å². The van der Waals surface area contributed by atoms with E-state index >= 15 is 0 Å². The van der Waals surface area contributed by atoms with Crippen LogP contribution in [0.2, 0.25) is 0 Å². The summed E-state index contributed by atoms with van der Waals surface area (Å²) in [6.07, 6.45) is 1.72. The van der Waals surface area contributed by atoms with Crippen molar-refractivity contribution in [3.8, 4) is 10.6 Å². The van der Waals surface area contributed by atoms with Crippen LogP contribution in [0.25, 0.3) is 10.6 Å². The number of amides is 1. The molecule has 0 saturated heterocycles. The molecular formula is C18H15N3O3S. The first-order valence-corrected chi connectivity index (χ1v) is 8.28. The average molecular weight is 353 g/mol. The van der Waals surface area contributed by atoms with Gasteiger partial charge in [-0.05, 0) is 43.3 Å². The van der Waals surface area contributed by atoms with Crippen LogP contribution < -0.4 is 5.32 Å². The third-order valence-corrected chi connectivity index (χ3v) is 4.58. The van der Waals surface area contributed by atoms with E-state index < -0.39 is 5.97 Å². The normalized spacial score (nSPS) is 10.3. The van der Waals surface area contributed by atoms with E-state index in [9.17, 15) is 9.59 Å². The van der Waals surface area contributed by atoms with Crippen LogP contribution >= 0.6 is 11.3 Å². The van der Waals surface area contributed by atoms with Crippen molar-refractivity contribution >= 4 is 28.3 Å². The molecule has 126 valence electrons. The summed E-state index contributed by atoms with van der Waals surface area (Å²) < 4.78 is 4.64. The molecule has 3 aromatic rings. The van der Waals surface area contributed by atoms with Gasteiger partial charge < -0.3 is 4.74 Å². The molecule has 7 heteroatoms. The Labute approximate surface area is 148 Å². The Kier molecular flexibility index (Phi) is 4.85. The van der Waals surface area contributed by atoms with Crippen molar-refractivity contribution in [3.63, 3.8) is 0 Å². The van der Waals surface area contributed by atoms with Crippen molar-refractivity contribution in [1.29, 1.82) is 0 Å². The highest BCUT2D eigenvalue weighted by Gasteiger charge is 2.14. The van der Waals surface area contributed by atoms with Gasteiger partial charge in [-0.1, -0.05) is 17.4 Å². The summed E-state index contributed by atoms with van der Waals surface area (Å²) >= 11 is 1.37. The van der Waals surface area contributed by atoms with Gasteiger partial charge in [0.25, 0.3) is 5.91 Å². The predicted molar refractivity (Wildman–Crippen MR) is 95.8 cm³/mol. The molecule has 2 aromatic heterocycles. The second kappa shape index (κ2) is 7.23. The lowest BCUT2D eigenvalue weighted by Gasteiger charge is -2.03. The van der Waals surface area contributed by atoms with E-state index in [1.165, 1.54) is 18.4 Å². The molecule has 1 N–H and O–H groups in total. The second-order valence-electron chi connectivity index (χ2n) is 5.17. The number of hydrogen-bond donors (Lipinski definition) is 1. The van der Waals surface area contributed by atoms with E-state index in [1.54, 1.807) is 30.5 Å². The van der Waals surface area contributed by atoms with Crippen molar-refractivity contribution in [1.82, 2.24) is 9.97 Å². The van der Waals surface area contributed by atoms with Crippen LogP contribution in [0.1, 0.15) is 26.4 Å². The zero-order valence-corrected chi connectivity index (χ0v) is 14.5. The molecule has 3 rings (SSSR count). The highest BCUT2D eigenvalue weighted by atomic mass is 32.1. The summed E-state index contributed by atoms with van der Waals surface area (Å²) in [5.41, 5.74) is 2.45. The number of ether oxygens (including phenoxy) is 1. The number of methoxy groups -OCH3 is 1. The number of hydrogen-bond acceptors (Lipinski definition) is 6. The molecule has 2 heterocycles. The summed E-state index contributed by atoms with van der Waals surface area (Å²) in [4.78, 5) is 33.4. The van der Waals surface area contributed by atoms with E-state index in [-0.39, 0.29) is 5.91 Å². The Morgan fingerprint density at radius 1 is 1.08 bits per heavy atom. The monoisotopic (exact) mass is 353 g/mol. The minimum atomic E-state index is -0.442. The Bertz CT molecular complexity index is 905. The fourth-order valence-corrected chi connectivity index (χ4v) is 3.17. The predicted octanol–water partition coefficient (Wildman–Crippen LogP) is 3.55. The standard InChI is InChI=1S/C18H15N3O3S/c1-11-15(14-5-3-4-10-19-14)25-18(20-11)21-16(22)12-6-8-13(9-7-12)17(23)24-2/h3-10H,1-2H3,(H,20,21,22). The summed E-state index contributed by atoms with van der Waals surface area (Å²) in [7, 11) is 1.31. The number of nitrogens with zero attached hydrogens (tertiary/aromatic N) is 2. The van der Waals surface area contributed by atoms with Crippen molar-refractivity contribution in [2.75, 3.05) is 12.4 Å². The number of pyridine rings is 1. The lowest BCUT2D eigenvalue weighted by atomic mass is 10.1. The van der Waals surface area contributed by atoms with Crippen LogP contribution in [-0.2, 0) is 4.74 Å².